The molecule has 0 unspecified atom stereocenters. The molecule has 0 aliphatic carbocycles. The van der Waals surface area contributed by atoms with Crippen molar-refractivity contribution in [3.8, 4) is 5.75 Å². The normalized spacial score (nSPS) is 10.3. The van der Waals surface area contributed by atoms with E-state index in [0.717, 1.165) is 18.6 Å². The lowest BCUT2D eigenvalue weighted by Gasteiger charge is -2.13. The van der Waals surface area contributed by atoms with Crippen LogP contribution in [0.4, 0.5) is 5.69 Å². The molecule has 0 saturated carbocycles. The second-order valence-corrected chi connectivity index (χ2v) is 7.63. The molecule has 0 aliphatic rings. The Morgan fingerprint density at radius 2 is 1.69 bits per heavy atom. The van der Waals surface area contributed by atoms with E-state index in [1.807, 2.05) is 0 Å². The zero-order chi connectivity index (χ0) is 23.2. The number of rotatable bonds is 12. The van der Waals surface area contributed by atoms with Crippen molar-refractivity contribution in [3.63, 3.8) is 0 Å². The Kier molecular flexibility index (Phi) is 11.2. The molecule has 0 spiro atoms. The van der Waals surface area contributed by atoms with Crippen molar-refractivity contribution < 1.29 is 19.4 Å². The van der Waals surface area contributed by atoms with Crippen LogP contribution in [0, 0.1) is 0 Å². The SMILES string of the molecule is CCCCCCCOc1ccc(C(=O)NC(=S)Nc2ccccc2C(=O)NCCO)cc1. The standard InChI is InChI=1S/C24H31N3O4S/c1-2-3-4-5-8-17-31-19-13-11-18(12-14-19)22(29)27-24(32)26-21-10-7-6-9-20(21)23(30)25-15-16-28/h6-7,9-14,28H,2-5,8,15-17H2,1H3,(H,25,30)(H2,26,27,29,32). The maximum atomic E-state index is 12.5. The van der Waals surface area contributed by atoms with Crippen molar-refractivity contribution in [2.45, 2.75) is 39.0 Å². The van der Waals surface area contributed by atoms with Gasteiger partial charge >= 0.3 is 0 Å². The van der Waals surface area contributed by atoms with Crippen molar-refractivity contribution >= 4 is 34.8 Å². The number of carbonyl (C=O) groups excluding carboxylic acids is 2. The van der Waals surface area contributed by atoms with E-state index in [2.05, 4.69) is 22.9 Å². The largest absolute Gasteiger partial charge is 0.494 e. The molecule has 2 aromatic carbocycles. The molecule has 2 aromatic rings. The van der Waals surface area contributed by atoms with Gasteiger partial charge in [0.1, 0.15) is 5.75 Å². The van der Waals surface area contributed by atoms with E-state index in [9.17, 15) is 9.59 Å². The number of hydrogen-bond donors (Lipinski definition) is 4. The summed E-state index contributed by atoms with van der Waals surface area (Å²) in [6, 6.07) is 13.7. The average molecular weight is 458 g/mol. The first kappa shape index (κ1) is 25.3. The molecular weight excluding hydrogens is 426 g/mol. The topological polar surface area (TPSA) is 99.7 Å². The maximum Gasteiger partial charge on any atom is 0.257 e. The summed E-state index contributed by atoms with van der Waals surface area (Å²) in [7, 11) is 0. The lowest BCUT2D eigenvalue weighted by atomic mass is 10.1. The molecule has 2 amide bonds. The number of thiocarbonyl (C=S) groups is 1. The smallest absolute Gasteiger partial charge is 0.257 e. The van der Waals surface area contributed by atoms with Crippen LogP contribution in [-0.2, 0) is 0 Å². The van der Waals surface area contributed by atoms with E-state index in [1.165, 1.54) is 19.3 Å². The highest BCUT2D eigenvalue weighted by atomic mass is 32.1. The van der Waals surface area contributed by atoms with Crippen LogP contribution in [0.5, 0.6) is 5.75 Å². The number of amides is 2. The number of aliphatic hydroxyl groups excluding tert-OH is 1. The molecule has 0 aliphatic heterocycles. The predicted octanol–water partition coefficient (Wildman–Crippen LogP) is 3.88. The summed E-state index contributed by atoms with van der Waals surface area (Å²) in [6.45, 7) is 2.84. The Bertz CT molecular complexity index is 887. The molecule has 0 bridgehead atoms. The number of carbonyl (C=O) groups is 2. The molecule has 172 valence electrons. The van der Waals surface area contributed by atoms with E-state index < -0.39 is 0 Å². The minimum absolute atomic E-state index is 0.0739. The number of aliphatic hydroxyl groups is 1. The minimum Gasteiger partial charge on any atom is -0.494 e. The molecule has 0 radical (unpaired) electrons. The highest BCUT2D eigenvalue weighted by molar-refractivity contribution is 7.80. The Balaban J connectivity index is 1.85. The second-order valence-electron chi connectivity index (χ2n) is 7.22. The minimum atomic E-state index is -0.365. The van der Waals surface area contributed by atoms with Gasteiger partial charge in [-0.05, 0) is 55.0 Å². The van der Waals surface area contributed by atoms with Crippen LogP contribution in [0.3, 0.4) is 0 Å². The van der Waals surface area contributed by atoms with Gasteiger partial charge in [-0.25, -0.2) is 0 Å². The number of unbranched alkanes of at least 4 members (excludes halogenated alkanes) is 4. The van der Waals surface area contributed by atoms with Crippen LogP contribution in [0.25, 0.3) is 0 Å². The van der Waals surface area contributed by atoms with E-state index in [-0.39, 0.29) is 30.1 Å². The number of nitrogens with one attached hydrogen (secondary N) is 3. The summed E-state index contributed by atoms with van der Waals surface area (Å²) in [5.74, 6) is 0.00798. The quantitative estimate of drug-likeness (QED) is 0.285. The molecular formula is C24H31N3O4S. The van der Waals surface area contributed by atoms with Gasteiger partial charge in [-0.3, -0.25) is 14.9 Å². The number of ether oxygens (including phenoxy) is 1. The maximum absolute atomic E-state index is 12.5. The third-order valence-electron chi connectivity index (χ3n) is 4.68. The number of anilines is 1. The Hall–Kier alpha value is -2.97. The molecule has 32 heavy (non-hydrogen) atoms. The van der Waals surface area contributed by atoms with Crippen LogP contribution in [0.2, 0.25) is 0 Å². The van der Waals surface area contributed by atoms with Crippen molar-refractivity contribution in [2.24, 2.45) is 0 Å². The van der Waals surface area contributed by atoms with Crippen molar-refractivity contribution in [3.05, 3.63) is 59.7 Å². The Morgan fingerprint density at radius 3 is 2.41 bits per heavy atom. The first-order valence-corrected chi connectivity index (χ1v) is 11.3. The summed E-state index contributed by atoms with van der Waals surface area (Å²) in [5, 5.41) is 17.0. The van der Waals surface area contributed by atoms with Gasteiger partial charge in [0.25, 0.3) is 11.8 Å². The fraction of sp³-hybridized carbons (Fsp3) is 0.375. The van der Waals surface area contributed by atoms with Gasteiger partial charge in [0, 0.05) is 12.1 Å². The van der Waals surface area contributed by atoms with E-state index in [1.54, 1.807) is 48.5 Å². The van der Waals surface area contributed by atoms with Gasteiger partial charge in [0.05, 0.1) is 24.5 Å². The molecule has 0 fully saturated rings. The molecule has 7 nitrogen and oxygen atoms in total. The average Bonchev–Trinajstić information content (AvgIpc) is 2.80. The van der Waals surface area contributed by atoms with Crippen LogP contribution < -0.4 is 20.7 Å². The first-order chi connectivity index (χ1) is 15.5. The lowest BCUT2D eigenvalue weighted by Crippen LogP contribution is -2.35. The van der Waals surface area contributed by atoms with Crippen molar-refractivity contribution in [1.29, 1.82) is 0 Å². The van der Waals surface area contributed by atoms with E-state index >= 15 is 0 Å². The van der Waals surface area contributed by atoms with Crippen LogP contribution in [-0.4, -0.2) is 41.8 Å². The molecule has 0 heterocycles. The van der Waals surface area contributed by atoms with Crippen LogP contribution >= 0.6 is 12.2 Å². The van der Waals surface area contributed by atoms with Gasteiger partial charge in [-0.15, -0.1) is 0 Å². The fourth-order valence-corrected chi connectivity index (χ4v) is 3.18. The van der Waals surface area contributed by atoms with Gasteiger partial charge in [0.2, 0.25) is 0 Å². The second kappa shape index (κ2) is 14.2. The fourth-order valence-electron chi connectivity index (χ4n) is 2.98. The molecule has 8 heteroatoms. The zero-order valence-electron chi connectivity index (χ0n) is 18.4. The van der Waals surface area contributed by atoms with Gasteiger partial charge < -0.3 is 20.5 Å². The van der Waals surface area contributed by atoms with Gasteiger partial charge in [-0.2, -0.15) is 0 Å². The summed E-state index contributed by atoms with van der Waals surface area (Å²) >= 11 is 5.23. The van der Waals surface area contributed by atoms with E-state index in [4.69, 9.17) is 22.1 Å². The predicted molar refractivity (Wildman–Crippen MR) is 130 cm³/mol. The summed E-state index contributed by atoms with van der Waals surface area (Å²) in [5.41, 5.74) is 1.25. The number of hydrogen-bond acceptors (Lipinski definition) is 5. The molecule has 2 rings (SSSR count). The van der Waals surface area contributed by atoms with Crippen molar-refractivity contribution in [1.82, 2.24) is 10.6 Å². The molecule has 4 N–H and O–H groups in total. The van der Waals surface area contributed by atoms with Crippen LogP contribution in [0.1, 0.15) is 59.7 Å². The van der Waals surface area contributed by atoms with Crippen molar-refractivity contribution in [2.75, 3.05) is 25.1 Å². The number of para-hydroxylation sites is 1. The molecule has 0 atom stereocenters. The highest BCUT2D eigenvalue weighted by Crippen LogP contribution is 2.16. The first-order valence-electron chi connectivity index (χ1n) is 10.9. The summed E-state index contributed by atoms with van der Waals surface area (Å²) in [6.07, 6.45) is 5.87. The van der Waals surface area contributed by atoms with Gasteiger partial charge in [-0.1, -0.05) is 44.7 Å². The summed E-state index contributed by atoms with van der Waals surface area (Å²) < 4.78 is 5.72. The monoisotopic (exact) mass is 457 g/mol. The van der Waals surface area contributed by atoms with Crippen LogP contribution in [0.15, 0.2) is 48.5 Å². The third-order valence-corrected chi connectivity index (χ3v) is 4.88. The Labute approximate surface area is 194 Å². The number of benzene rings is 2. The Morgan fingerprint density at radius 1 is 0.969 bits per heavy atom. The zero-order valence-corrected chi connectivity index (χ0v) is 19.2. The van der Waals surface area contributed by atoms with E-state index in [0.29, 0.717) is 23.4 Å². The third kappa shape index (κ3) is 8.64. The highest BCUT2D eigenvalue weighted by Gasteiger charge is 2.13. The lowest BCUT2D eigenvalue weighted by molar-refractivity contribution is 0.0944. The molecule has 0 aromatic heterocycles. The molecule has 0 saturated heterocycles. The van der Waals surface area contributed by atoms with Gasteiger partial charge in [0.15, 0.2) is 5.11 Å². The summed E-state index contributed by atoms with van der Waals surface area (Å²) in [4.78, 5) is 24.7.